The summed E-state index contributed by atoms with van der Waals surface area (Å²) in [6, 6.07) is 0. The van der Waals surface area contributed by atoms with Crippen LogP contribution in [0.5, 0.6) is 0 Å². The number of β-amino-alcohol motifs (C(OH)–C–C–N with tert-alkyl or cyclic N) is 2. The van der Waals surface area contributed by atoms with Crippen molar-refractivity contribution in [2.45, 2.75) is 6.10 Å². The van der Waals surface area contributed by atoms with Crippen molar-refractivity contribution in [3.8, 4) is 12.3 Å². The molecule has 1 fully saturated rings. The van der Waals surface area contributed by atoms with E-state index in [1.807, 2.05) is 0 Å². The third-order valence-electron chi connectivity index (χ3n) is 2.85. The summed E-state index contributed by atoms with van der Waals surface area (Å²) in [6.07, 6.45) is 4.57. The maximum atomic E-state index is 9.71. The van der Waals surface area contributed by atoms with Crippen LogP contribution in [0.4, 0.5) is 0 Å². The summed E-state index contributed by atoms with van der Waals surface area (Å²) in [5.74, 6) is 2.37. The van der Waals surface area contributed by atoms with Crippen LogP contribution in [0, 0.1) is 12.3 Å². The fourth-order valence-electron chi connectivity index (χ4n) is 1.94. The van der Waals surface area contributed by atoms with Crippen molar-refractivity contribution < 1.29 is 14.9 Å². The first-order valence-corrected chi connectivity index (χ1v) is 6.01. The Morgan fingerprint density at radius 3 is 2.47 bits per heavy atom. The zero-order chi connectivity index (χ0) is 12.5. The van der Waals surface area contributed by atoms with E-state index >= 15 is 0 Å². The van der Waals surface area contributed by atoms with E-state index in [4.69, 9.17) is 16.3 Å². The van der Waals surface area contributed by atoms with Crippen LogP contribution in [-0.4, -0.2) is 85.2 Å². The molecule has 0 bridgehead atoms. The van der Waals surface area contributed by atoms with Crippen LogP contribution in [0.2, 0.25) is 0 Å². The Balaban J connectivity index is 2.10. The van der Waals surface area contributed by atoms with Crippen LogP contribution in [0.15, 0.2) is 0 Å². The van der Waals surface area contributed by atoms with E-state index in [1.54, 1.807) is 0 Å². The topological polar surface area (TPSA) is 56.2 Å². The van der Waals surface area contributed by atoms with Crippen LogP contribution in [0.1, 0.15) is 0 Å². The minimum atomic E-state index is -0.479. The van der Waals surface area contributed by atoms with E-state index in [0.717, 1.165) is 32.7 Å². The van der Waals surface area contributed by atoms with Crippen molar-refractivity contribution in [1.29, 1.82) is 0 Å². The van der Waals surface area contributed by atoms with Gasteiger partial charge < -0.3 is 14.9 Å². The number of piperazine rings is 1. The number of aliphatic hydroxyl groups excluding tert-OH is 2. The number of nitrogens with zero attached hydrogens (tertiary/aromatic N) is 2. The lowest BCUT2D eigenvalue weighted by Crippen LogP contribution is -2.49. The van der Waals surface area contributed by atoms with Gasteiger partial charge in [0.1, 0.15) is 6.61 Å². The third kappa shape index (κ3) is 6.01. The molecule has 0 unspecified atom stereocenters. The Morgan fingerprint density at radius 1 is 1.24 bits per heavy atom. The first kappa shape index (κ1) is 14.4. The van der Waals surface area contributed by atoms with Crippen molar-refractivity contribution >= 4 is 0 Å². The van der Waals surface area contributed by atoms with Crippen LogP contribution in [0.25, 0.3) is 0 Å². The summed E-state index contributed by atoms with van der Waals surface area (Å²) in [4.78, 5) is 4.43. The molecule has 5 nitrogen and oxygen atoms in total. The Hall–Kier alpha value is -0.640. The third-order valence-corrected chi connectivity index (χ3v) is 2.85. The largest absolute Gasteiger partial charge is 0.395 e. The van der Waals surface area contributed by atoms with Crippen molar-refractivity contribution in [3.05, 3.63) is 0 Å². The molecule has 1 saturated heterocycles. The van der Waals surface area contributed by atoms with Gasteiger partial charge in [0.05, 0.1) is 19.3 Å². The highest BCUT2D eigenvalue weighted by Gasteiger charge is 2.18. The molecule has 2 N–H and O–H groups in total. The summed E-state index contributed by atoms with van der Waals surface area (Å²) < 4.78 is 5.09. The monoisotopic (exact) mass is 242 g/mol. The first-order chi connectivity index (χ1) is 8.26. The molecular formula is C12H22N2O3. The van der Waals surface area contributed by atoms with E-state index in [1.165, 1.54) is 0 Å². The highest BCUT2D eigenvalue weighted by Crippen LogP contribution is 2.02. The first-order valence-electron chi connectivity index (χ1n) is 6.01. The second kappa shape index (κ2) is 8.45. The van der Waals surface area contributed by atoms with Crippen molar-refractivity contribution in [2.24, 2.45) is 0 Å². The normalized spacial score (nSPS) is 20.1. The van der Waals surface area contributed by atoms with Crippen LogP contribution in [-0.2, 0) is 4.74 Å². The minimum Gasteiger partial charge on any atom is -0.395 e. The van der Waals surface area contributed by atoms with Gasteiger partial charge in [-0.3, -0.25) is 9.80 Å². The molecule has 1 heterocycles. The lowest BCUT2D eigenvalue weighted by atomic mass is 10.2. The minimum absolute atomic E-state index is 0.211. The van der Waals surface area contributed by atoms with E-state index in [9.17, 15) is 5.11 Å². The number of hydrogen-bond acceptors (Lipinski definition) is 5. The van der Waals surface area contributed by atoms with Crippen LogP contribution in [0.3, 0.4) is 0 Å². The van der Waals surface area contributed by atoms with E-state index in [-0.39, 0.29) is 13.2 Å². The Labute approximate surface area is 103 Å². The molecule has 0 saturated carbocycles. The van der Waals surface area contributed by atoms with Crippen LogP contribution < -0.4 is 0 Å². The van der Waals surface area contributed by atoms with Gasteiger partial charge in [-0.05, 0) is 0 Å². The highest BCUT2D eigenvalue weighted by molar-refractivity contribution is 4.83. The predicted molar refractivity (Wildman–Crippen MR) is 65.6 cm³/mol. The highest BCUT2D eigenvalue weighted by atomic mass is 16.5. The van der Waals surface area contributed by atoms with Gasteiger partial charge in [0.2, 0.25) is 0 Å². The summed E-state index contributed by atoms with van der Waals surface area (Å²) in [6.45, 7) is 5.85. The number of terminal acetylenes is 1. The van der Waals surface area contributed by atoms with Gasteiger partial charge in [-0.1, -0.05) is 5.92 Å². The average Bonchev–Trinajstić information content (AvgIpc) is 2.32. The molecule has 0 aliphatic carbocycles. The molecule has 1 aliphatic rings. The van der Waals surface area contributed by atoms with Gasteiger partial charge >= 0.3 is 0 Å². The molecule has 1 aliphatic heterocycles. The van der Waals surface area contributed by atoms with Crippen molar-refractivity contribution in [1.82, 2.24) is 9.80 Å². The maximum absolute atomic E-state index is 9.71. The van der Waals surface area contributed by atoms with Gasteiger partial charge in [0.15, 0.2) is 0 Å². The lowest BCUT2D eigenvalue weighted by molar-refractivity contribution is 0.0148. The predicted octanol–water partition coefficient (Wildman–Crippen LogP) is -1.39. The summed E-state index contributed by atoms with van der Waals surface area (Å²) in [5.41, 5.74) is 0. The standard InChI is InChI=1S/C12H22N2O3/c1-2-9-17-11-12(16)10-14-5-3-13(4-6-14)7-8-15/h1,12,15-16H,3-11H2/t12-/m1/s1. The second-order valence-electron chi connectivity index (χ2n) is 4.24. The maximum Gasteiger partial charge on any atom is 0.107 e. The summed E-state index contributed by atoms with van der Waals surface area (Å²) in [5, 5.41) is 18.5. The molecule has 1 rings (SSSR count). The fourth-order valence-corrected chi connectivity index (χ4v) is 1.94. The number of aliphatic hydroxyl groups is 2. The van der Waals surface area contributed by atoms with Gasteiger partial charge in [-0.2, -0.15) is 0 Å². The van der Waals surface area contributed by atoms with Gasteiger partial charge in [-0.15, -0.1) is 6.42 Å². The van der Waals surface area contributed by atoms with Gasteiger partial charge in [0, 0.05) is 39.3 Å². The smallest absolute Gasteiger partial charge is 0.107 e. The molecule has 0 spiro atoms. The molecule has 0 aromatic carbocycles. The van der Waals surface area contributed by atoms with Crippen molar-refractivity contribution in [3.63, 3.8) is 0 Å². The van der Waals surface area contributed by atoms with E-state index in [0.29, 0.717) is 13.2 Å². The molecule has 5 heteroatoms. The zero-order valence-corrected chi connectivity index (χ0v) is 10.2. The lowest BCUT2D eigenvalue weighted by Gasteiger charge is -2.35. The molecule has 1 atom stereocenters. The molecule has 98 valence electrons. The van der Waals surface area contributed by atoms with Gasteiger partial charge in [0.25, 0.3) is 0 Å². The number of rotatable bonds is 7. The molecule has 0 aromatic rings. The fraction of sp³-hybridized carbons (Fsp3) is 0.833. The molecular weight excluding hydrogens is 220 g/mol. The molecule has 0 aromatic heterocycles. The number of hydrogen-bond donors (Lipinski definition) is 2. The molecule has 17 heavy (non-hydrogen) atoms. The molecule has 0 amide bonds. The zero-order valence-electron chi connectivity index (χ0n) is 10.2. The van der Waals surface area contributed by atoms with Gasteiger partial charge in [-0.25, -0.2) is 0 Å². The Bertz CT molecular complexity index is 234. The quantitative estimate of drug-likeness (QED) is 0.425. The average molecular weight is 242 g/mol. The Morgan fingerprint density at radius 2 is 1.88 bits per heavy atom. The second-order valence-corrected chi connectivity index (χ2v) is 4.24. The van der Waals surface area contributed by atoms with Crippen molar-refractivity contribution in [2.75, 3.05) is 59.1 Å². The van der Waals surface area contributed by atoms with E-state index < -0.39 is 6.10 Å². The Kier molecular flexibility index (Phi) is 7.17. The summed E-state index contributed by atoms with van der Waals surface area (Å²) >= 11 is 0. The SMILES string of the molecule is C#CCOC[C@H](O)CN1CCN(CCO)CC1. The molecule has 0 radical (unpaired) electrons. The number of ether oxygens (including phenoxy) is 1. The van der Waals surface area contributed by atoms with E-state index in [2.05, 4.69) is 15.7 Å². The summed E-state index contributed by atoms with van der Waals surface area (Å²) in [7, 11) is 0. The van der Waals surface area contributed by atoms with Crippen LogP contribution >= 0.6 is 0 Å².